The molecule has 0 radical (unpaired) electrons. The second kappa shape index (κ2) is 7.00. The lowest BCUT2D eigenvalue weighted by Crippen LogP contribution is -2.41. The van der Waals surface area contributed by atoms with E-state index in [0.717, 1.165) is 60.5 Å². The van der Waals surface area contributed by atoms with E-state index in [1.807, 2.05) is 30.3 Å². The number of furan rings is 2. The van der Waals surface area contributed by atoms with Crippen LogP contribution in [0.1, 0.15) is 27.7 Å². The molecule has 4 nitrogen and oxygen atoms in total. The van der Waals surface area contributed by atoms with Crippen LogP contribution in [0.5, 0.6) is 0 Å². The van der Waals surface area contributed by atoms with Crippen molar-refractivity contribution in [3.8, 4) is 11.1 Å². The molecule has 0 amide bonds. The molecule has 0 unspecified atom stereocenters. The monoisotopic (exact) mass is 460 g/mol. The molecule has 1 aliphatic rings. The Morgan fingerprint density at radius 1 is 0.514 bits per heavy atom. The molecule has 3 heterocycles. The second-order valence-corrected chi connectivity index (χ2v) is 10.5. The van der Waals surface area contributed by atoms with Crippen LogP contribution in [0.3, 0.4) is 0 Å². The van der Waals surface area contributed by atoms with Crippen LogP contribution in [0.15, 0.2) is 87.7 Å². The number of benzene rings is 4. The lowest BCUT2D eigenvalue weighted by Gasteiger charge is -2.32. The van der Waals surface area contributed by atoms with Crippen LogP contribution in [0.2, 0.25) is 0 Å². The van der Waals surface area contributed by atoms with Gasteiger partial charge < -0.3 is 18.1 Å². The fourth-order valence-corrected chi connectivity index (χ4v) is 5.00. The molecule has 2 aromatic heterocycles. The molecular weight excluding hydrogens is 435 g/mol. The molecule has 1 saturated heterocycles. The van der Waals surface area contributed by atoms with Crippen molar-refractivity contribution >= 4 is 56.5 Å². The first-order valence-corrected chi connectivity index (χ1v) is 12.0. The van der Waals surface area contributed by atoms with Crippen LogP contribution in [0, 0.1) is 0 Å². The highest BCUT2D eigenvalue weighted by atomic mass is 16.7. The predicted molar refractivity (Wildman–Crippen MR) is 142 cm³/mol. The third kappa shape index (κ3) is 3.08. The zero-order chi connectivity index (χ0) is 23.9. The lowest BCUT2D eigenvalue weighted by atomic mass is 9.79. The van der Waals surface area contributed by atoms with E-state index in [4.69, 9.17) is 18.1 Å². The lowest BCUT2D eigenvalue weighted by molar-refractivity contribution is 0.00578. The molecule has 35 heavy (non-hydrogen) atoms. The highest BCUT2D eigenvalue weighted by Crippen LogP contribution is 2.38. The minimum absolute atomic E-state index is 0.378. The Balaban J connectivity index is 1.30. The molecule has 0 aliphatic carbocycles. The van der Waals surface area contributed by atoms with Crippen LogP contribution in [-0.4, -0.2) is 18.3 Å². The molecular formula is C30H25BO4. The Morgan fingerprint density at radius 2 is 1.09 bits per heavy atom. The second-order valence-electron chi connectivity index (χ2n) is 10.5. The van der Waals surface area contributed by atoms with Gasteiger partial charge in [0.05, 0.1) is 11.2 Å². The molecule has 0 bridgehead atoms. The molecule has 5 heteroatoms. The van der Waals surface area contributed by atoms with E-state index in [1.165, 1.54) is 0 Å². The first-order valence-electron chi connectivity index (χ1n) is 12.0. The van der Waals surface area contributed by atoms with Gasteiger partial charge in [0, 0.05) is 21.5 Å². The van der Waals surface area contributed by atoms with Gasteiger partial charge >= 0.3 is 7.12 Å². The first-order chi connectivity index (χ1) is 16.8. The molecule has 0 atom stereocenters. The summed E-state index contributed by atoms with van der Waals surface area (Å²) in [6.07, 6.45) is 0. The van der Waals surface area contributed by atoms with Crippen LogP contribution < -0.4 is 5.46 Å². The Kier molecular flexibility index (Phi) is 4.16. The van der Waals surface area contributed by atoms with E-state index in [2.05, 4.69) is 76.2 Å². The van der Waals surface area contributed by atoms with Crippen molar-refractivity contribution in [2.24, 2.45) is 0 Å². The quantitative estimate of drug-likeness (QED) is 0.252. The fourth-order valence-electron chi connectivity index (χ4n) is 5.00. The predicted octanol–water partition coefficient (Wildman–Crippen LogP) is 7.45. The summed E-state index contributed by atoms with van der Waals surface area (Å²) in [5, 5.41) is 4.43. The summed E-state index contributed by atoms with van der Waals surface area (Å²) in [7, 11) is -0.412. The average Bonchev–Trinajstić information content (AvgIpc) is 3.46. The maximum absolute atomic E-state index is 6.33. The summed E-state index contributed by atoms with van der Waals surface area (Å²) < 4.78 is 24.8. The third-order valence-corrected chi connectivity index (χ3v) is 7.73. The van der Waals surface area contributed by atoms with Gasteiger partial charge in [-0.05, 0) is 80.7 Å². The summed E-state index contributed by atoms with van der Waals surface area (Å²) in [6, 6.07) is 27.1. The highest BCUT2D eigenvalue weighted by Gasteiger charge is 2.51. The van der Waals surface area contributed by atoms with Crippen molar-refractivity contribution in [1.29, 1.82) is 0 Å². The summed E-state index contributed by atoms with van der Waals surface area (Å²) in [5.41, 5.74) is 5.95. The van der Waals surface area contributed by atoms with Gasteiger partial charge in [-0.25, -0.2) is 0 Å². The molecule has 0 saturated carbocycles. The van der Waals surface area contributed by atoms with Crippen molar-refractivity contribution in [3.63, 3.8) is 0 Å². The minimum Gasteiger partial charge on any atom is -0.456 e. The molecule has 7 rings (SSSR count). The SMILES string of the molecule is CC1(C)OB(c2ccc3c(c2)oc2cc(-c4ccc5oc6ccccc6c5c4)ccc23)OC1(C)C. The Morgan fingerprint density at radius 3 is 1.89 bits per heavy atom. The first kappa shape index (κ1) is 20.8. The summed E-state index contributed by atoms with van der Waals surface area (Å²) in [4.78, 5) is 0. The molecule has 172 valence electrons. The number of fused-ring (bicyclic) bond motifs is 6. The number of hydrogen-bond acceptors (Lipinski definition) is 4. The number of para-hydroxylation sites is 1. The van der Waals surface area contributed by atoms with Crippen molar-refractivity contribution in [2.75, 3.05) is 0 Å². The van der Waals surface area contributed by atoms with Gasteiger partial charge in [-0.1, -0.05) is 42.5 Å². The third-order valence-electron chi connectivity index (χ3n) is 7.73. The Hall–Kier alpha value is -3.54. The van der Waals surface area contributed by atoms with Gasteiger partial charge in [0.2, 0.25) is 0 Å². The van der Waals surface area contributed by atoms with Crippen LogP contribution in [0.25, 0.3) is 55.0 Å². The van der Waals surface area contributed by atoms with Crippen LogP contribution >= 0.6 is 0 Å². The normalized spacial score (nSPS) is 17.3. The smallest absolute Gasteiger partial charge is 0.456 e. The van der Waals surface area contributed by atoms with Crippen molar-refractivity contribution in [2.45, 2.75) is 38.9 Å². The topological polar surface area (TPSA) is 44.7 Å². The van der Waals surface area contributed by atoms with E-state index in [1.54, 1.807) is 0 Å². The maximum atomic E-state index is 6.33. The number of rotatable bonds is 2. The van der Waals surface area contributed by atoms with Crippen molar-refractivity contribution in [1.82, 2.24) is 0 Å². The molecule has 1 aliphatic heterocycles. The van der Waals surface area contributed by atoms with E-state index >= 15 is 0 Å². The summed E-state index contributed by atoms with van der Waals surface area (Å²) in [5.74, 6) is 0. The molecule has 4 aromatic carbocycles. The van der Waals surface area contributed by atoms with E-state index in [-0.39, 0.29) is 11.2 Å². The minimum atomic E-state index is -0.412. The average molecular weight is 460 g/mol. The zero-order valence-electron chi connectivity index (χ0n) is 20.2. The molecule has 0 N–H and O–H groups in total. The van der Waals surface area contributed by atoms with Crippen molar-refractivity contribution < 1.29 is 18.1 Å². The maximum Gasteiger partial charge on any atom is 0.494 e. The highest BCUT2D eigenvalue weighted by molar-refractivity contribution is 6.62. The van der Waals surface area contributed by atoms with Crippen molar-refractivity contribution in [3.05, 3.63) is 78.9 Å². The van der Waals surface area contributed by atoms with E-state index < -0.39 is 7.12 Å². The van der Waals surface area contributed by atoms with Crippen LogP contribution in [0.4, 0.5) is 0 Å². The Bertz CT molecular complexity index is 1760. The largest absolute Gasteiger partial charge is 0.494 e. The standard InChI is InChI=1S/C30H25BO4/c1-29(2)30(3,4)35-31(34-29)20-11-13-23-22-12-9-19(16-27(22)33-28(23)17-20)18-10-14-26-24(15-18)21-7-5-6-8-25(21)32-26/h5-17H,1-4H3. The van der Waals surface area contributed by atoms with Crippen LogP contribution in [-0.2, 0) is 9.31 Å². The van der Waals surface area contributed by atoms with Gasteiger partial charge in [0.25, 0.3) is 0 Å². The Labute approximate surface area is 203 Å². The molecule has 6 aromatic rings. The zero-order valence-corrected chi connectivity index (χ0v) is 20.2. The number of hydrogen-bond donors (Lipinski definition) is 0. The summed E-state index contributed by atoms with van der Waals surface area (Å²) >= 11 is 0. The van der Waals surface area contributed by atoms with Gasteiger partial charge in [-0.2, -0.15) is 0 Å². The molecule has 1 fully saturated rings. The van der Waals surface area contributed by atoms with Gasteiger partial charge in [-0.3, -0.25) is 0 Å². The molecule has 0 spiro atoms. The fraction of sp³-hybridized carbons (Fsp3) is 0.200. The van der Waals surface area contributed by atoms with E-state index in [0.29, 0.717) is 0 Å². The summed E-state index contributed by atoms with van der Waals surface area (Å²) in [6.45, 7) is 8.27. The van der Waals surface area contributed by atoms with Gasteiger partial charge in [0.15, 0.2) is 0 Å². The van der Waals surface area contributed by atoms with Gasteiger partial charge in [0.1, 0.15) is 22.3 Å². The van der Waals surface area contributed by atoms with Gasteiger partial charge in [-0.15, -0.1) is 0 Å². The van der Waals surface area contributed by atoms with E-state index in [9.17, 15) is 0 Å².